The number of hydrogen-bond donors (Lipinski definition) is 1. The van der Waals surface area contributed by atoms with Crippen LogP contribution in [0, 0.1) is 0 Å². The van der Waals surface area contributed by atoms with Crippen molar-refractivity contribution < 1.29 is 4.79 Å². The maximum atomic E-state index is 11.5. The smallest absolute Gasteiger partial charge is 0.239 e. The summed E-state index contributed by atoms with van der Waals surface area (Å²) in [4.78, 5) is 21.7. The van der Waals surface area contributed by atoms with Crippen LogP contribution in [0.1, 0.15) is 5.56 Å². The molecule has 22 heavy (non-hydrogen) atoms. The molecule has 0 spiro atoms. The standard InChI is InChI=1S/C16H15ClN4O/c17-10-15(22)21-9-6-14(20-11-21)12-2-4-13(5-3-12)16-18-7-1-8-19-16/h1-8,20H,9-11H2. The van der Waals surface area contributed by atoms with E-state index in [9.17, 15) is 4.79 Å². The summed E-state index contributed by atoms with van der Waals surface area (Å²) in [5.74, 6) is 0.649. The van der Waals surface area contributed by atoms with Crippen molar-refractivity contribution in [1.29, 1.82) is 0 Å². The van der Waals surface area contributed by atoms with E-state index in [1.807, 2.05) is 30.3 Å². The van der Waals surface area contributed by atoms with E-state index in [0.717, 1.165) is 16.8 Å². The fourth-order valence-electron chi connectivity index (χ4n) is 2.26. The summed E-state index contributed by atoms with van der Waals surface area (Å²) in [6.07, 6.45) is 5.44. The fraction of sp³-hybridized carbons (Fsp3) is 0.188. The summed E-state index contributed by atoms with van der Waals surface area (Å²) in [6.45, 7) is 1.04. The van der Waals surface area contributed by atoms with Crippen LogP contribution in [-0.4, -0.2) is 39.9 Å². The SMILES string of the molecule is O=C(CCl)N1CC=C(c2ccc(-c3ncccn3)cc2)NC1. The number of nitrogens with zero attached hydrogens (tertiary/aromatic N) is 3. The number of halogens is 1. The van der Waals surface area contributed by atoms with Gasteiger partial charge in [-0.2, -0.15) is 0 Å². The normalized spacial score (nSPS) is 14.2. The number of aromatic nitrogens is 2. The Hall–Kier alpha value is -2.40. The maximum Gasteiger partial charge on any atom is 0.239 e. The van der Waals surface area contributed by atoms with E-state index in [-0.39, 0.29) is 11.8 Å². The zero-order valence-electron chi connectivity index (χ0n) is 11.9. The molecule has 1 aliphatic rings. The molecule has 1 N–H and O–H groups in total. The Balaban J connectivity index is 1.74. The van der Waals surface area contributed by atoms with Crippen molar-refractivity contribution in [3.8, 4) is 11.4 Å². The third-order valence-electron chi connectivity index (χ3n) is 3.46. The third-order valence-corrected chi connectivity index (χ3v) is 3.69. The Morgan fingerprint density at radius 3 is 2.45 bits per heavy atom. The largest absolute Gasteiger partial charge is 0.367 e. The highest BCUT2D eigenvalue weighted by molar-refractivity contribution is 6.27. The van der Waals surface area contributed by atoms with Crippen LogP contribution in [-0.2, 0) is 4.79 Å². The lowest BCUT2D eigenvalue weighted by Gasteiger charge is -2.27. The minimum Gasteiger partial charge on any atom is -0.367 e. The number of carbonyl (C=O) groups excluding carboxylic acids is 1. The van der Waals surface area contributed by atoms with E-state index >= 15 is 0 Å². The molecule has 0 fully saturated rings. The van der Waals surface area contributed by atoms with Crippen molar-refractivity contribution in [2.24, 2.45) is 0 Å². The number of carbonyl (C=O) groups is 1. The molecule has 0 radical (unpaired) electrons. The molecule has 0 saturated heterocycles. The zero-order valence-corrected chi connectivity index (χ0v) is 12.6. The van der Waals surface area contributed by atoms with E-state index in [2.05, 4.69) is 15.3 Å². The van der Waals surface area contributed by atoms with Crippen LogP contribution >= 0.6 is 11.6 Å². The van der Waals surface area contributed by atoms with Crippen LogP contribution < -0.4 is 5.32 Å². The van der Waals surface area contributed by atoms with E-state index in [0.29, 0.717) is 19.0 Å². The van der Waals surface area contributed by atoms with E-state index in [4.69, 9.17) is 11.6 Å². The van der Waals surface area contributed by atoms with Gasteiger partial charge in [0.05, 0.1) is 6.67 Å². The van der Waals surface area contributed by atoms with Crippen LogP contribution in [0.15, 0.2) is 48.8 Å². The molecule has 0 saturated carbocycles. The Labute approximate surface area is 133 Å². The number of nitrogens with one attached hydrogen (secondary N) is 1. The molecule has 5 nitrogen and oxygen atoms in total. The van der Waals surface area contributed by atoms with Crippen molar-refractivity contribution in [2.75, 3.05) is 19.1 Å². The first-order valence-electron chi connectivity index (χ1n) is 6.93. The van der Waals surface area contributed by atoms with E-state index in [1.165, 1.54) is 0 Å². The van der Waals surface area contributed by atoms with Gasteiger partial charge in [0.15, 0.2) is 5.82 Å². The Morgan fingerprint density at radius 2 is 1.86 bits per heavy atom. The highest BCUT2D eigenvalue weighted by Crippen LogP contribution is 2.19. The molecular weight excluding hydrogens is 300 g/mol. The number of alkyl halides is 1. The van der Waals surface area contributed by atoms with Crippen molar-refractivity contribution in [3.05, 3.63) is 54.4 Å². The summed E-state index contributed by atoms with van der Waals surface area (Å²) in [5, 5.41) is 3.24. The molecule has 2 aromatic rings. The molecule has 0 aliphatic carbocycles. The highest BCUT2D eigenvalue weighted by atomic mass is 35.5. The number of amides is 1. The molecule has 6 heteroatoms. The second-order valence-electron chi connectivity index (χ2n) is 4.85. The van der Waals surface area contributed by atoms with Gasteiger partial charge in [-0.1, -0.05) is 24.3 Å². The molecule has 1 amide bonds. The molecule has 1 aromatic carbocycles. The second-order valence-corrected chi connectivity index (χ2v) is 5.12. The Morgan fingerprint density at radius 1 is 1.18 bits per heavy atom. The zero-order chi connectivity index (χ0) is 15.4. The lowest BCUT2D eigenvalue weighted by molar-refractivity contribution is -0.128. The van der Waals surface area contributed by atoms with Gasteiger partial charge in [0, 0.05) is 30.2 Å². The fourth-order valence-corrected chi connectivity index (χ4v) is 2.43. The Bertz CT molecular complexity index is 685. The maximum absolute atomic E-state index is 11.5. The van der Waals surface area contributed by atoms with Crippen molar-refractivity contribution in [1.82, 2.24) is 20.2 Å². The number of rotatable bonds is 3. The summed E-state index contributed by atoms with van der Waals surface area (Å²) >= 11 is 5.56. The van der Waals surface area contributed by atoms with Gasteiger partial charge in [-0.15, -0.1) is 11.6 Å². The average molecular weight is 315 g/mol. The van der Waals surface area contributed by atoms with Crippen LogP contribution in [0.3, 0.4) is 0 Å². The van der Waals surface area contributed by atoms with Crippen molar-refractivity contribution >= 4 is 23.2 Å². The monoisotopic (exact) mass is 314 g/mol. The summed E-state index contributed by atoms with van der Waals surface area (Å²) in [5.41, 5.74) is 3.05. The highest BCUT2D eigenvalue weighted by Gasteiger charge is 2.16. The minimum atomic E-state index is -0.0685. The van der Waals surface area contributed by atoms with Crippen LogP contribution in [0.5, 0.6) is 0 Å². The molecule has 2 heterocycles. The van der Waals surface area contributed by atoms with Gasteiger partial charge in [-0.3, -0.25) is 4.79 Å². The first-order chi connectivity index (χ1) is 10.8. The van der Waals surface area contributed by atoms with Gasteiger partial charge in [-0.05, 0) is 17.7 Å². The molecular formula is C16H15ClN4O. The quantitative estimate of drug-likeness (QED) is 0.882. The lowest BCUT2D eigenvalue weighted by Crippen LogP contribution is -2.42. The number of benzene rings is 1. The molecule has 0 bridgehead atoms. The molecule has 112 valence electrons. The molecule has 0 atom stereocenters. The van der Waals surface area contributed by atoms with Gasteiger partial charge in [-0.25, -0.2) is 9.97 Å². The Kier molecular flexibility index (Phi) is 4.34. The predicted molar refractivity (Wildman–Crippen MR) is 85.9 cm³/mol. The molecule has 3 rings (SSSR count). The third kappa shape index (κ3) is 3.09. The first-order valence-corrected chi connectivity index (χ1v) is 7.47. The van der Waals surface area contributed by atoms with Crippen molar-refractivity contribution in [3.63, 3.8) is 0 Å². The molecule has 1 aliphatic heterocycles. The van der Waals surface area contributed by atoms with Crippen LogP contribution in [0.4, 0.5) is 0 Å². The van der Waals surface area contributed by atoms with Gasteiger partial charge in [0.1, 0.15) is 5.88 Å². The lowest BCUT2D eigenvalue weighted by atomic mass is 10.1. The van der Waals surface area contributed by atoms with E-state index in [1.54, 1.807) is 23.4 Å². The summed E-state index contributed by atoms with van der Waals surface area (Å²) in [7, 11) is 0. The number of hydrogen-bond acceptors (Lipinski definition) is 4. The van der Waals surface area contributed by atoms with Gasteiger partial charge in [0.2, 0.25) is 5.91 Å². The van der Waals surface area contributed by atoms with Crippen LogP contribution in [0.2, 0.25) is 0 Å². The van der Waals surface area contributed by atoms with Crippen molar-refractivity contribution in [2.45, 2.75) is 0 Å². The first kappa shape index (κ1) is 14.5. The predicted octanol–water partition coefficient (Wildman–Crippen LogP) is 2.11. The summed E-state index contributed by atoms with van der Waals surface area (Å²) < 4.78 is 0. The van der Waals surface area contributed by atoms with Gasteiger partial charge < -0.3 is 10.2 Å². The topological polar surface area (TPSA) is 58.1 Å². The van der Waals surface area contributed by atoms with Gasteiger partial charge in [0.25, 0.3) is 0 Å². The second kappa shape index (κ2) is 6.58. The molecule has 1 aromatic heterocycles. The minimum absolute atomic E-state index is 0.0105. The van der Waals surface area contributed by atoms with Gasteiger partial charge >= 0.3 is 0 Å². The van der Waals surface area contributed by atoms with Crippen LogP contribution in [0.25, 0.3) is 17.1 Å². The average Bonchev–Trinajstić information content (AvgIpc) is 2.62. The van der Waals surface area contributed by atoms with E-state index < -0.39 is 0 Å². The molecule has 0 unspecified atom stereocenters. The summed E-state index contributed by atoms with van der Waals surface area (Å²) in [6, 6.07) is 9.81.